The van der Waals surface area contributed by atoms with E-state index in [2.05, 4.69) is 5.32 Å². The zero-order valence-corrected chi connectivity index (χ0v) is 9.68. The van der Waals surface area contributed by atoms with Crippen LogP contribution in [0.3, 0.4) is 0 Å². The Morgan fingerprint density at radius 2 is 2.06 bits per heavy atom. The fourth-order valence-electron chi connectivity index (χ4n) is 1.59. The van der Waals surface area contributed by atoms with Crippen LogP contribution in [0.1, 0.15) is 26.2 Å². The fourth-order valence-corrected chi connectivity index (χ4v) is 1.59. The molecule has 0 aromatic carbocycles. The number of carboxylic acids is 1. The highest BCUT2D eigenvalue weighted by molar-refractivity contribution is 5.87. The van der Waals surface area contributed by atoms with Gasteiger partial charge in [-0.2, -0.15) is 0 Å². The number of aliphatic carboxylic acids is 1. The maximum Gasteiger partial charge on any atom is 0.326 e. The molecule has 1 aliphatic rings. The molecule has 7 heteroatoms. The number of urea groups is 1. The second-order valence-electron chi connectivity index (χ2n) is 4.03. The normalized spacial score (nSPS) is 16.1. The monoisotopic (exact) mass is 243 g/mol. The minimum atomic E-state index is -1.26. The van der Waals surface area contributed by atoms with Crippen LogP contribution in [0.25, 0.3) is 0 Å². The average molecular weight is 243 g/mol. The summed E-state index contributed by atoms with van der Waals surface area (Å²) < 4.78 is 0. The van der Waals surface area contributed by atoms with Gasteiger partial charge in [0.1, 0.15) is 6.04 Å². The smallest absolute Gasteiger partial charge is 0.326 e. The summed E-state index contributed by atoms with van der Waals surface area (Å²) in [7, 11) is 0. The summed E-state index contributed by atoms with van der Waals surface area (Å²) in [6.07, 6.45) is 1.48. The summed E-state index contributed by atoms with van der Waals surface area (Å²) in [4.78, 5) is 34.8. The molecule has 3 amide bonds. The highest BCUT2D eigenvalue weighted by atomic mass is 16.4. The Morgan fingerprint density at radius 1 is 1.47 bits per heavy atom. The van der Waals surface area contributed by atoms with Gasteiger partial charge in [-0.3, -0.25) is 4.79 Å². The van der Waals surface area contributed by atoms with Crippen molar-refractivity contribution in [3.8, 4) is 0 Å². The van der Waals surface area contributed by atoms with Gasteiger partial charge in [0.2, 0.25) is 5.91 Å². The van der Waals surface area contributed by atoms with E-state index in [4.69, 9.17) is 10.8 Å². The van der Waals surface area contributed by atoms with Crippen molar-refractivity contribution in [1.82, 2.24) is 10.2 Å². The topological polar surface area (TPSA) is 113 Å². The van der Waals surface area contributed by atoms with E-state index in [1.165, 1.54) is 0 Å². The second-order valence-corrected chi connectivity index (χ2v) is 4.03. The summed E-state index contributed by atoms with van der Waals surface area (Å²) in [5.74, 6) is -2.02. The van der Waals surface area contributed by atoms with Gasteiger partial charge in [-0.25, -0.2) is 9.59 Å². The highest BCUT2D eigenvalue weighted by Gasteiger charge is 2.33. The number of carbonyl (C=O) groups excluding carboxylic acids is 2. The van der Waals surface area contributed by atoms with Crippen LogP contribution >= 0.6 is 0 Å². The third-order valence-corrected chi connectivity index (χ3v) is 2.59. The standard InChI is InChI=1S/C10H17N3O4/c1-2-13(6-3-4-6)10(17)12-7(9(15)16)5-8(11)14/h6-7H,2-5H2,1H3,(H2,11,14)(H,12,17)(H,15,16)/t7-/m0/s1. The number of carboxylic acid groups (broad SMARTS) is 1. The van der Waals surface area contributed by atoms with E-state index in [-0.39, 0.29) is 6.04 Å². The largest absolute Gasteiger partial charge is 0.480 e. The van der Waals surface area contributed by atoms with Crippen LogP contribution in [0.5, 0.6) is 0 Å². The van der Waals surface area contributed by atoms with Crippen molar-refractivity contribution in [2.24, 2.45) is 5.73 Å². The summed E-state index contributed by atoms with van der Waals surface area (Å²) in [5, 5.41) is 11.1. The number of amides is 3. The molecule has 7 nitrogen and oxygen atoms in total. The lowest BCUT2D eigenvalue weighted by Crippen LogP contribution is -2.49. The molecule has 17 heavy (non-hydrogen) atoms. The maximum atomic E-state index is 11.8. The molecule has 1 saturated carbocycles. The van der Waals surface area contributed by atoms with Gasteiger partial charge in [0.25, 0.3) is 0 Å². The van der Waals surface area contributed by atoms with Crippen molar-refractivity contribution in [3.63, 3.8) is 0 Å². The first-order chi connectivity index (χ1) is 7.95. The van der Waals surface area contributed by atoms with E-state index in [1.54, 1.807) is 4.90 Å². The molecule has 0 unspecified atom stereocenters. The molecule has 0 aromatic rings. The third kappa shape index (κ3) is 3.93. The number of nitrogens with zero attached hydrogens (tertiary/aromatic N) is 1. The first kappa shape index (κ1) is 13.3. The number of hydrogen-bond donors (Lipinski definition) is 3. The van der Waals surface area contributed by atoms with Crippen LogP contribution in [0, 0.1) is 0 Å². The average Bonchev–Trinajstić information content (AvgIpc) is 3.01. The number of rotatable bonds is 6. The van der Waals surface area contributed by atoms with E-state index in [0.717, 1.165) is 12.8 Å². The molecule has 4 N–H and O–H groups in total. The molecular formula is C10H17N3O4. The van der Waals surface area contributed by atoms with Crippen molar-refractivity contribution in [2.75, 3.05) is 6.54 Å². The number of carbonyl (C=O) groups is 3. The van der Waals surface area contributed by atoms with Crippen LogP contribution in [0.2, 0.25) is 0 Å². The molecular weight excluding hydrogens is 226 g/mol. The van der Waals surface area contributed by atoms with Crippen molar-refractivity contribution < 1.29 is 19.5 Å². The molecule has 0 spiro atoms. The van der Waals surface area contributed by atoms with E-state index in [1.807, 2.05) is 6.92 Å². The van der Waals surface area contributed by atoms with Crippen LogP contribution in [0.15, 0.2) is 0 Å². The predicted octanol–water partition coefficient (Wildman–Crippen LogP) is -0.491. The summed E-state index contributed by atoms with van der Waals surface area (Å²) in [6, 6.07) is -1.51. The van der Waals surface area contributed by atoms with Crippen molar-refractivity contribution >= 4 is 17.9 Å². The SMILES string of the molecule is CCN(C(=O)N[C@@H](CC(N)=O)C(=O)O)C1CC1. The molecule has 0 aromatic heterocycles. The lowest BCUT2D eigenvalue weighted by atomic mass is 10.2. The molecule has 96 valence electrons. The van der Waals surface area contributed by atoms with Crippen LogP contribution < -0.4 is 11.1 Å². The summed E-state index contributed by atoms with van der Waals surface area (Å²) >= 11 is 0. The van der Waals surface area contributed by atoms with Gasteiger partial charge in [-0.05, 0) is 19.8 Å². The molecule has 1 aliphatic carbocycles. The van der Waals surface area contributed by atoms with E-state index >= 15 is 0 Å². The Bertz CT molecular complexity index is 328. The quantitative estimate of drug-likeness (QED) is 0.584. The van der Waals surface area contributed by atoms with Crippen LogP contribution in [-0.2, 0) is 9.59 Å². The Hall–Kier alpha value is -1.79. The first-order valence-electron chi connectivity index (χ1n) is 5.54. The molecule has 1 atom stereocenters. The zero-order chi connectivity index (χ0) is 13.0. The maximum absolute atomic E-state index is 11.8. The molecule has 0 heterocycles. The van der Waals surface area contributed by atoms with Gasteiger partial charge in [0.05, 0.1) is 6.42 Å². The molecule has 0 radical (unpaired) electrons. The van der Waals surface area contributed by atoms with Crippen LogP contribution in [0.4, 0.5) is 4.79 Å². The minimum absolute atomic E-state index is 0.197. The van der Waals surface area contributed by atoms with Crippen LogP contribution in [-0.4, -0.2) is 46.5 Å². The minimum Gasteiger partial charge on any atom is -0.480 e. The number of nitrogens with two attached hydrogens (primary N) is 1. The van der Waals surface area contributed by atoms with Gasteiger partial charge in [-0.15, -0.1) is 0 Å². The molecule has 1 rings (SSSR count). The number of nitrogens with one attached hydrogen (secondary N) is 1. The highest BCUT2D eigenvalue weighted by Crippen LogP contribution is 2.26. The predicted molar refractivity (Wildman–Crippen MR) is 59.2 cm³/mol. The lowest BCUT2D eigenvalue weighted by molar-refractivity contribution is -0.141. The van der Waals surface area contributed by atoms with E-state index < -0.39 is 30.4 Å². The molecule has 1 fully saturated rings. The molecule has 0 saturated heterocycles. The Kier molecular flexibility index (Phi) is 4.30. The van der Waals surface area contributed by atoms with Crippen molar-refractivity contribution in [2.45, 2.75) is 38.3 Å². The van der Waals surface area contributed by atoms with Crippen molar-refractivity contribution in [1.29, 1.82) is 0 Å². The Morgan fingerprint density at radius 3 is 2.41 bits per heavy atom. The second kappa shape index (κ2) is 5.51. The molecule has 0 bridgehead atoms. The fraction of sp³-hybridized carbons (Fsp3) is 0.700. The van der Waals surface area contributed by atoms with Gasteiger partial charge in [0, 0.05) is 12.6 Å². The summed E-state index contributed by atoms with van der Waals surface area (Å²) in [5.41, 5.74) is 4.92. The summed E-state index contributed by atoms with van der Waals surface area (Å²) in [6.45, 7) is 2.33. The Labute approximate surface area is 98.9 Å². The van der Waals surface area contributed by atoms with E-state index in [0.29, 0.717) is 6.54 Å². The van der Waals surface area contributed by atoms with E-state index in [9.17, 15) is 14.4 Å². The van der Waals surface area contributed by atoms with Gasteiger partial charge in [-0.1, -0.05) is 0 Å². The third-order valence-electron chi connectivity index (χ3n) is 2.59. The zero-order valence-electron chi connectivity index (χ0n) is 9.68. The van der Waals surface area contributed by atoms with Gasteiger partial charge in [0.15, 0.2) is 0 Å². The van der Waals surface area contributed by atoms with Gasteiger partial charge < -0.3 is 21.1 Å². The Balaban J connectivity index is 2.55. The first-order valence-corrected chi connectivity index (χ1v) is 5.54. The molecule has 0 aliphatic heterocycles. The van der Waals surface area contributed by atoms with Crippen molar-refractivity contribution in [3.05, 3.63) is 0 Å². The number of hydrogen-bond acceptors (Lipinski definition) is 3. The number of primary amides is 1. The lowest BCUT2D eigenvalue weighted by Gasteiger charge is -2.23. The van der Waals surface area contributed by atoms with Gasteiger partial charge >= 0.3 is 12.0 Å².